The molecule has 0 aliphatic carbocycles. The van der Waals surface area contributed by atoms with Crippen molar-refractivity contribution in [1.82, 2.24) is 5.32 Å². The summed E-state index contributed by atoms with van der Waals surface area (Å²) in [5.41, 5.74) is 0. The molecule has 0 aromatic rings. The van der Waals surface area contributed by atoms with Crippen molar-refractivity contribution in [2.45, 2.75) is 39.2 Å². The first kappa shape index (κ1) is 13.4. The first-order valence-corrected chi connectivity index (χ1v) is 4.61. The lowest BCUT2D eigenvalue weighted by atomic mass is 10.3. The van der Waals surface area contributed by atoms with E-state index in [1.54, 1.807) is 21.0 Å². The minimum Gasteiger partial charge on any atom is -0.382 e. The van der Waals surface area contributed by atoms with Crippen LogP contribution in [0.4, 0.5) is 0 Å². The van der Waals surface area contributed by atoms with Crippen molar-refractivity contribution >= 4 is 5.91 Å². The molecule has 0 fully saturated rings. The average Bonchev–Trinajstić information content (AvgIpc) is 2.02. The Hall–Kier alpha value is -0.650. The molecular weight excluding hydrogens is 186 g/mol. The van der Waals surface area contributed by atoms with Gasteiger partial charge in [-0.15, -0.1) is 0 Å². The lowest BCUT2D eigenvalue weighted by Gasteiger charge is -2.30. The lowest BCUT2D eigenvalue weighted by molar-refractivity contribution is -0.250. The smallest absolute Gasteiger partial charge is 0.248 e. The van der Waals surface area contributed by atoms with E-state index in [1.165, 1.54) is 6.92 Å². The van der Waals surface area contributed by atoms with E-state index in [9.17, 15) is 9.90 Å². The molecule has 0 rings (SSSR count). The lowest BCUT2D eigenvalue weighted by Crippen LogP contribution is -2.51. The third-order valence-corrected chi connectivity index (χ3v) is 1.65. The van der Waals surface area contributed by atoms with Crippen LogP contribution in [0.15, 0.2) is 0 Å². The normalized spacial score (nSPS) is 17.2. The van der Waals surface area contributed by atoms with Gasteiger partial charge in [0.05, 0.1) is 12.7 Å². The van der Waals surface area contributed by atoms with Gasteiger partial charge in [0.25, 0.3) is 0 Å². The van der Waals surface area contributed by atoms with Gasteiger partial charge >= 0.3 is 0 Å². The second-order valence-electron chi connectivity index (χ2n) is 3.20. The molecule has 0 saturated carbocycles. The number of amides is 1. The zero-order valence-electron chi connectivity index (χ0n) is 9.16. The maximum Gasteiger partial charge on any atom is 0.248 e. The van der Waals surface area contributed by atoms with E-state index in [4.69, 9.17) is 9.47 Å². The van der Waals surface area contributed by atoms with Gasteiger partial charge in [-0.25, -0.2) is 0 Å². The summed E-state index contributed by atoms with van der Waals surface area (Å²) >= 11 is 0. The van der Waals surface area contributed by atoms with Crippen molar-refractivity contribution in [3.05, 3.63) is 0 Å². The summed E-state index contributed by atoms with van der Waals surface area (Å²) in [6, 6.07) is 0. The summed E-state index contributed by atoms with van der Waals surface area (Å²) in [7, 11) is 1.54. The first-order valence-electron chi connectivity index (χ1n) is 4.61. The van der Waals surface area contributed by atoms with Crippen LogP contribution in [-0.4, -0.2) is 36.7 Å². The molecule has 0 bridgehead atoms. The monoisotopic (exact) mass is 205 g/mol. The molecule has 5 heteroatoms. The second-order valence-corrected chi connectivity index (χ2v) is 3.20. The highest BCUT2D eigenvalue weighted by atomic mass is 16.7. The molecule has 2 unspecified atom stereocenters. The number of ether oxygens (including phenoxy) is 2. The third kappa shape index (κ3) is 5.16. The van der Waals surface area contributed by atoms with E-state index < -0.39 is 5.91 Å². The van der Waals surface area contributed by atoms with Crippen LogP contribution in [0.2, 0.25) is 0 Å². The van der Waals surface area contributed by atoms with Crippen LogP contribution in [0.5, 0.6) is 0 Å². The van der Waals surface area contributed by atoms with Crippen LogP contribution in [0, 0.1) is 0 Å². The highest BCUT2D eigenvalue weighted by Gasteiger charge is 2.28. The van der Waals surface area contributed by atoms with E-state index in [-0.39, 0.29) is 18.4 Å². The number of rotatable bonds is 6. The average molecular weight is 205 g/mol. The Labute approximate surface area is 84.4 Å². The van der Waals surface area contributed by atoms with Crippen LogP contribution in [0.1, 0.15) is 27.2 Å². The van der Waals surface area contributed by atoms with Crippen molar-refractivity contribution < 1.29 is 19.4 Å². The molecule has 0 spiro atoms. The van der Waals surface area contributed by atoms with Gasteiger partial charge in [-0.1, -0.05) is 6.92 Å². The minimum atomic E-state index is -1.59. The van der Waals surface area contributed by atoms with Gasteiger partial charge in [0.1, 0.15) is 0 Å². The first-order chi connectivity index (χ1) is 6.43. The quantitative estimate of drug-likeness (QED) is 0.609. The van der Waals surface area contributed by atoms with Crippen LogP contribution in [0.3, 0.4) is 0 Å². The standard InChI is InChI=1S/C9H19NO4/c1-5-9(12,10-8(3)11)14-7(2)6-13-4/h7,12H,5-6H2,1-4H3,(H,10,11). The Bertz CT molecular complexity index is 186. The fourth-order valence-corrected chi connectivity index (χ4v) is 1.08. The summed E-state index contributed by atoms with van der Waals surface area (Å²) in [4.78, 5) is 10.8. The fraction of sp³-hybridized carbons (Fsp3) is 0.889. The van der Waals surface area contributed by atoms with E-state index >= 15 is 0 Å². The predicted molar refractivity (Wildman–Crippen MR) is 51.5 cm³/mol. The van der Waals surface area contributed by atoms with Gasteiger partial charge in [0.2, 0.25) is 11.8 Å². The third-order valence-electron chi connectivity index (χ3n) is 1.65. The SMILES string of the molecule is CCC(O)(NC(C)=O)OC(C)COC. The van der Waals surface area contributed by atoms with Crippen LogP contribution >= 0.6 is 0 Å². The minimum absolute atomic E-state index is 0.278. The van der Waals surface area contributed by atoms with Gasteiger partial charge in [-0.05, 0) is 6.92 Å². The van der Waals surface area contributed by atoms with Crippen molar-refractivity contribution in [3.63, 3.8) is 0 Å². The molecule has 14 heavy (non-hydrogen) atoms. The molecule has 0 aromatic heterocycles. The molecule has 2 atom stereocenters. The molecule has 0 aromatic carbocycles. The van der Waals surface area contributed by atoms with Crippen LogP contribution in [0.25, 0.3) is 0 Å². The molecule has 0 aliphatic rings. The number of hydrogen-bond acceptors (Lipinski definition) is 4. The maximum atomic E-state index is 10.8. The van der Waals surface area contributed by atoms with Crippen molar-refractivity contribution in [3.8, 4) is 0 Å². The topological polar surface area (TPSA) is 67.8 Å². The predicted octanol–water partition coefficient (Wildman–Crippen LogP) is 0.230. The summed E-state index contributed by atoms with van der Waals surface area (Å²) in [6.07, 6.45) is -0.00233. The van der Waals surface area contributed by atoms with Gasteiger partial charge in [-0.3, -0.25) is 4.79 Å². The second kappa shape index (κ2) is 5.95. The summed E-state index contributed by atoms with van der Waals surface area (Å²) in [5, 5.41) is 12.1. The number of aliphatic hydroxyl groups is 1. The number of nitrogens with one attached hydrogen (secondary N) is 1. The van der Waals surface area contributed by atoms with Crippen LogP contribution in [-0.2, 0) is 14.3 Å². The molecule has 5 nitrogen and oxygen atoms in total. The Kier molecular flexibility index (Phi) is 5.68. The highest BCUT2D eigenvalue weighted by Crippen LogP contribution is 2.11. The number of methoxy groups -OCH3 is 1. The van der Waals surface area contributed by atoms with Gasteiger partial charge in [0, 0.05) is 20.5 Å². The Morgan fingerprint density at radius 3 is 2.57 bits per heavy atom. The Morgan fingerprint density at radius 2 is 2.21 bits per heavy atom. The van der Waals surface area contributed by atoms with Crippen molar-refractivity contribution in [2.75, 3.05) is 13.7 Å². The van der Waals surface area contributed by atoms with E-state index in [2.05, 4.69) is 5.32 Å². The molecule has 84 valence electrons. The van der Waals surface area contributed by atoms with Gasteiger partial charge in [0.15, 0.2) is 0 Å². The fourth-order valence-electron chi connectivity index (χ4n) is 1.08. The molecule has 0 saturated heterocycles. The highest BCUT2D eigenvalue weighted by molar-refractivity contribution is 5.73. The van der Waals surface area contributed by atoms with E-state index in [0.29, 0.717) is 6.61 Å². The molecule has 2 N–H and O–H groups in total. The molecule has 0 radical (unpaired) electrons. The number of carbonyl (C=O) groups excluding carboxylic acids is 1. The summed E-state index contributed by atoms with van der Waals surface area (Å²) in [6.45, 7) is 5.16. The Morgan fingerprint density at radius 1 is 1.64 bits per heavy atom. The zero-order valence-corrected chi connectivity index (χ0v) is 9.16. The number of carbonyl (C=O) groups is 1. The largest absolute Gasteiger partial charge is 0.382 e. The van der Waals surface area contributed by atoms with Crippen molar-refractivity contribution in [1.29, 1.82) is 0 Å². The Balaban J connectivity index is 4.16. The zero-order chi connectivity index (χ0) is 11.2. The summed E-state index contributed by atoms with van der Waals surface area (Å²) in [5.74, 6) is -1.93. The van der Waals surface area contributed by atoms with E-state index in [0.717, 1.165) is 0 Å². The molecule has 0 heterocycles. The van der Waals surface area contributed by atoms with Gasteiger partial charge in [-0.2, -0.15) is 0 Å². The molecular formula is C9H19NO4. The maximum absolute atomic E-state index is 10.8. The van der Waals surface area contributed by atoms with Crippen LogP contribution < -0.4 is 5.32 Å². The number of hydrogen-bond donors (Lipinski definition) is 2. The summed E-state index contributed by atoms with van der Waals surface area (Å²) < 4.78 is 10.1. The molecule has 1 amide bonds. The van der Waals surface area contributed by atoms with Gasteiger partial charge < -0.3 is 19.9 Å². The molecule has 0 aliphatic heterocycles. The van der Waals surface area contributed by atoms with E-state index in [1.807, 2.05) is 0 Å². The van der Waals surface area contributed by atoms with Crippen molar-refractivity contribution in [2.24, 2.45) is 0 Å².